The van der Waals surface area contributed by atoms with Crippen molar-refractivity contribution in [3.63, 3.8) is 0 Å². The zero-order valence-corrected chi connectivity index (χ0v) is 12.5. The van der Waals surface area contributed by atoms with E-state index in [0.717, 1.165) is 30.7 Å². The Labute approximate surface area is 118 Å². The SMILES string of the molecule is CC(CCCC(C)(C)O)n1ccnc1-c1cnsc1. The van der Waals surface area contributed by atoms with E-state index in [0.29, 0.717) is 6.04 Å². The van der Waals surface area contributed by atoms with Gasteiger partial charge in [0.15, 0.2) is 0 Å². The summed E-state index contributed by atoms with van der Waals surface area (Å²) in [6.45, 7) is 5.91. The molecule has 0 aliphatic carbocycles. The largest absolute Gasteiger partial charge is 0.390 e. The van der Waals surface area contributed by atoms with Crippen molar-refractivity contribution in [2.75, 3.05) is 0 Å². The standard InChI is InChI=1S/C14H21N3OS/c1-11(5-4-6-14(2,3)18)17-8-7-15-13(17)12-9-16-19-10-12/h7-11,18H,4-6H2,1-3H3. The van der Waals surface area contributed by atoms with Crippen LogP contribution < -0.4 is 0 Å². The summed E-state index contributed by atoms with van der Waals surface area (Å²) in [4.78, 5) is 4.42. The third-order valence-electron chi connectivity index (χ3n) is 3.24. The lowest BCUT2D eigenvalue weighted by Gasteiger charge is -2.20. The lowest BCUT2D eigenvalue weighted by Crippen LogP contribution is -2.18. The molecule has 0 spiro atoms. The van der Waals surface area contributed by atoms with Gasteiger partial charge in [0.1, 0.15) is 5.82 Å². The maximum Gasteiger partial charge on any atom is 0.142 e. The predicted octanol–water partition coefficient (Wildman–Crippen LogP) is 3.51. The minimum Gasteiger partial charge on any atom is -0.390 e. The number of rotatable bonds is 6. The van der Waals surface area contributed by atoms with Gasteiger partial charge in [0.2, 0.25) is 0 Å². The normalized spacial score (nSPS) is 13.7. The van der Waals surface area contributed by atoms with Crippen molar-refractivity contribution >= 4 is 11.5 Å². The molecule has 19 heavy (non-hydrogen) atoms. The van der Waals surface area contributed by atoms with Gasteiger partial charge in [-0.05, 0) is 51.6 Å². The Morgan fingerprint density at radius 2 is 2.26 bits per heavy atom. The summed E-state index contributed by atoms with van der Waals surface area (Å²) in [5, 5.41) is 11.8. The summed E-state index contributed by atoms with van der Waals surface area (Å²) in [7, 11) is 0. The molecule has 1 atom stereocenters. The highest BCUT2D eigenvalue weighted by Gasteiger charge is 2.15. The highest BCUT2D eigenvalue weighted by atomic mass is 32.1. The fourth-order valence-corrected chi connectivity index (χ4v) is 2.69. The molecule has 2 rings (SSSR count). The van der Waals surface area contributed by atoms with E-state index in [4.69, 9.17) is 0 Å². The second kappa shape index (κ2) is 5.84. The topological polar surface area (TPSA) is 50.9 Å². The van der Waals surface area contributed by atoms with Gasteiger partial charge in [0.05, 0.1) is 11.8 Å². The van der Waals surface area contributed by atoms with Gasteiger partial charge in [-0.2, -0.15) is 0 Å². The number of aliphatic hydroxyl groups is 1. The third kappa shape index (κ3) is 3.88. The zero-order chi connectivity index (χ0) is 13.9. The highest BCUT2D eigenvalue weighted by molar-refractivity contribution is 7.03. The van der Waals surface area contributed by atoms with Crippen LogP contribution in [0.2, 0.25) is 0 Å². The van der Waals surface area contributed by atoms with Gasteiger partial charge in [0.25, 0.3) is 0 Å². The van der Waals surface area contributed by atoms with Crippen molar-refractivity contribution in [3.05, 3.63) is 24.0 Å². The molecule has 0 aliphatic rings. The first-order valence-electron chi connectivity index (χ1n) is 6.62. The molecular formula is C14H21N3OS. The molecule has 2 aromatic rings. The maximum atomic E-state index is 9.74. The smallest absolute Gasteiger partial charge is 0.142 e. The first-order chi connectivity index (χ1) is 8.97. The monoisotopic (exact) mass is 279 g/mol. The summed E-state index contributed by atoms with van der Waals surface area (Å²) in [5.74, 6) is 0.976. The number of aromatic nitrogens is 3. The fraction of sp³-hybridized carbons (Fsp3) is 0.571. The molecular weight excluding hydrogens is 258 g/mol. The molecule has 5 heteroatoms. The maximum absolute atomic E-state index is 9.74. The van der Waals surface area contributed by atoms with Crippen LogP contribution in [0.5, 0.6) is 0 Å². The Hall–Kier alpha value is -1.20. The molecule has 1 unspecified atom stereocenters. The molecule has 0 saturated heterocycles. The Bertz CT molecular complexity index is 499. The van der Waals surface area contributed by atoms with Crippen molar-refractivity contribution in [2.24, 2.45) is 0 Å². The molecule has 104 valence electrons. The van der Waals surface area contributed by atoms with Gasteiger partial charge in [-0.1, -0.05) is 0 Å². The molecule has 4 nitrogen and oxygen atoms in total. The van der Waals surface area contributed by atoms with E-state index in [9.17, 15) is 5.11 Å². The Kier molecular flexibility index (Phi) is 4.37. The molecule has 0 fully saturated rings. The second-order valence-electron chi connectivity index (χ2n) is 5.62. The molecule has 0 bridgehead atoms. The van der Waals surface area contributed by atoms with Crippen LogP contribution in [-0.2, 0) is 0 Å². The van der Waals surface area contributed by atoms with E-state index in [1.54, 1.807) is 0 Å². The molecule has 2 aromatic heterocycles. The molecule has 0 aliphatic heterocycles. The number of hydrogen-bond acceptors (Lipinski definition) is 4. The lowest BCUT2D eigenvalue weighted by atomic mass is 9.99. The predicted molar refractivity (Wildman–Crippen MR) is 78.2 cm³/mol. The minimum absolute atomic E-state index is 0.375. The summed E-state index contributed by atoms with van der Waals surface area (Å²) in [5.41, 5.74) is 0.499. The van der Waals surface area contributed by atoms with E-state index in [-0.39, 0.29) is 0 Å². The first kappa shape index (κ1) is 14.2. The molecule has 0 saturated carbocycles. The van der Waals surface area contributed by atoms with Gasteiger partial charge >= 0.3 is 0 Å². The Balaban J connectivity index is 2.00. The van der Waals surface area contributed by atoms with Crippen LogP contribution in [-0.4, -0.2) is 24.6 Å². The van der Waals surface area contributed by atoms with Gasteiger partial charge < -0.3 is 9.67 Å². The number of hydrogen-bond donors (Lipinski definition) is 1. The molecule has 0 amide bonds. The van der Waals surface area contributed by atoms with Crippen LogP contribution >= 0.6 is 11.5 Å². The number of imidazole rings is 1. The summed E-state index contributed by atoms with van der Waals surface area (Å²) in [6, 6.07) is 0.375. The van der Waals surface area contributed by atoms with Gasteiger partial charge in [-0.15, -0.1) is 0 Å². The van der Waals surface area contributed by atoms with E-state index >= 15 is 0 Å². The lowest BCUT2D eigenvalue weighted by molar-refractivity contribution is 0.0672. The summed E-state index contributed by atoms with van der Waals surface area (Å²) in [6.07, 6.45) is 8.56. The van der Waals surface area contributed by atoms with Crippen molar-refractivity contribution in [3.8, 4) is 11.4 Å². The molecule has 1 N–H and O–H groups in total. The van der Waals surface area contributed by atoms with Crippen molar-refractivity contribution in [1.82, 2.24) is 13.9 Å². The van der Waals surface area contributed by atoms with Crippen molar-refractivity contribution < 1.29 is 5.11 Å². The van der Waals surface area contributed by atoms with Crippen LogP contribution in [0.3, 0.4) is 0 Å². The summed E-state index contributed by atoms with van der Waals surface area (Å²) >= 11 is 1.44. The fourth-order valence-electron chi connectivity index (χ4n) is 2.18. The Morgan fingerprint density at radius 1 is 1.47 bits per heavy atom. The van der Waals surface area contributed by atoms with Crippen LogP contribution in [0, 0.1) is 0 Å². The Morgan fingerprint density at radius 3 is 2.89 bits per heavy atom. The van der Waals surface area contributed by atoms with E-state index in [1.165, 1.54) is 11.5 Å². The van der Waals surface area contributed by atoms with Crippen molar-refractivity contribution in [1.29, 1.82) is 0 Å². The summed E-state index contributed by atoms with van der Waals surface area (Å²) < 4.78 is 6.32. The first-order valence-corrected chi connectivity index (χ1v) is 7.46. The van der Waals surface area contributed by atoms with Gasteiger partial charge in [-0.25, -0.2) is 9.36 Å². The average Bonchev–Trinajstić information content (AvgIpc) is 2.97. The van der Waals surface area contributed by atoms with Crippen molar-refractivity contribution in [2.45, 2.75) is 51.7 Å². The third-order valence-corrected chi connectivity index (χ3v) is 3.83. The molecule has 0 radical (unpaired) electrons. The van der Waals surface area contributed by atoms with E-state index in [1.807, 2.05) is 37.8 Å². The minimum atomic E-state index is -0.575. The average molecular weight is 279 g/mol. The quantitative estimate of drug-likeness (QED) is 0.880. The number of nitrogens with zero attached hydrogens (tertiary/aromatic N) is 3. The van der Waals surface area contributed by atoms with E-state index in [2.05, 4.69) is 20.8 Å². The highest BCUT2D eigenvalue weighted by Crippen LogP contribution is 2.25. The van der Waals surface area contributed by atoms with Gasteiger partial charge in [0, 0.05) is 29.4 Å². The van der Waals surface area contributed by atoms with E-state index < -0.39 is 5.60 Å². The van der Waals surface area contributed by atoms with Crippen LogP contribution in [0.25, 0.3) is 11.4 Å². The van der Waals surface area contributed by atoms with Crippen LogP contribution in [0.4, 0.5) is 0 Å². The molecule has 0 aromatic carbocycles. The van der Waals surface area contributed by atoms with Crippen LogP contribution in [0.1, 0.15) is 46.1 Å². The zero-order valence-electron chi connectivity index (χ0n) is 11.7. The van der Waals surface area contributed by atoms with Crippen LogP contribution in [0.15, 0.2) is 24.0 Å². The molecule has 2 heterocycles. The second-order valence-corrected chi connectivity index (χ2v) is 6.28. The van der Waals surface area contributed by atoms with Gasteiger partial charge in [-0.3, -0.25) is 0 Å².